The third kappa shape index (κ3) is 6.26. The first-order valence-corrected chi connectivity index (χ1v) is 9.61. The Kier molecular flexibility index (Phi) is 7.85. The molecule has 1 aromatic heterocycles. The van der Waals surface area contributed by atoms with E-state index in [2.05, 4.69) is 15.7 Å². The topological polar surface area (TPSA) is 119 Å². The lowest BCUT2D eigenvalue weighted by Crippen LogP contribution is -2.36. The summed E-state index contributed by atoms with van der Waals surface area (Å²) in [7, 11) is 0. The van der Waals surface area contributed by atoms with Crippen molar-refractivity contribution in [1.29, 1.82) is 0 Å². The van der Waals surface area contributed by atoms with E-state index in [1.807, 2.05) is 39.8 Å². The average Bonchev–Trinajstić information content (AvgIpc) is 2.69. The van der Waals surface area contributed by atoms with Gasteiger partial charge in [0.1, 0.15) is 0 Å². The average molecular weight is 414 g/mol. The fourth-order valence-corrected chi connectivity index (χ4v) is 2.93. The summed E-state index contributed by atoms with van der Waals surface area (Å²) in [6.45, 7) is 7.18. The molecule has 0 saturated carbocycles. The number of hydrogen-bond donors (Lipinski definition) is 2. The minimum absolute atomic E-state index is 0.0704. The molecule has 0 radical (unpaired) electrons. The number of nitrogens with zero attached hydrogens (tertiary/aromatic N) is 2. The molecule has 0 aliphatic heterocycles. The smallest absolute Gasteiger partial charge is 0.359 e. The zero-order valence-electron chi connectivity index (χ0n) is 17.6. The second-order valence-corrected chi connectivity index (χ2v) is 6.95. The maximum absolute atomic E-state index is 12.1. The van der Waals surface area contributed by atoms with Crippen LogP contribution in [0.2, 0.25) is 0 Å². The number of amides is 2. The molecule has 2 N–H and O–H groups in total. The first-order chi connectivity index (χ1) is 14.2. The van der Waals surface area contributed by atoms with E-state index in [1.165, 1.54) is 12.1 Å². The van der Waals surface area contributed by atoms with Crippen LogP contribution in [0.15, 0.2) is 29.1 Å². The highest BCUT2D eigenvalue weighted by Crippen LogP contribution is 2.21. The highest BCUT2D eigenvalue weighted by molar-refractivity contribution is 5.96. The van der Waals surface area contributed by atoms with Crippen LogP contribution in [0.25, 0.3) is 0 Å². The van der Waals surface area contributed by atoms with E-state index >= 15 is 0 Å². The van der Waals surface area contributed by atoms with Crippen molar-refractivity contribution >= 4 is 23.5 Å². The lowest BCUT2D eigenvalue weighted by molar-refractivity contribution is -0.126. The highest BCUT2D eigenvalue weighted by Gasteiger charge is 2.14. The molecular weight excluding hydrogens is 388 g/mol. The van der Waals surface area contributed by atoms with E-state index in [1.54, 1.807) is 0 Å². The Morgan fingerprint density at radius 2 is 1.73 bits per heavy atom. The van der Waals surface area contributed by atoms with Crippen LogP contribution in [-0.4, -0.2) is 40.7 Å². The summed E-state index contributed by atoms with van der Waals surface area (Å²) in [5, 5.41) is 9.09. The molecule has 0 aliphatic rings. The fraction of sp³-hybridized carbons (Fsp3) is 0.381. The molecular formula is C21H26N4O5. The van der Waals surface area contributed by atoms with Gasteiger partial charge in [0.05, 0.1) is 6.54 Å². The van der Waals surface area contributed by atoms with Crippen LogP contribution in [0.4, 0.5) is 5.69 Å². The van der Waals surface area contributed by atoms with Crippen LogP contribution in [0, 0.1) is 20.8 Å². The summed E-state index contributed by atoms with van der Waals surface area (Å²) < 4.78 is 6.07. The Balaban J connectivity index is 1.84. The van der Waals surface area contributed by atoms with Crippen molar-refractivity contribution < 1.29 is 19.1 Å². The molecule has 2 aromatic rings. The van der Waals surface area contributed by atoms with Gasteiger partial charge in [0.25, 0.3) is 11.5 Å². The molecule has 0 bridgehead atoms. The van der Waals surface area contributed by atoms with E-state index in [0.29, 0.717) is 18.7 Å². The van der Waals surface area contributed by atoms with Gasteiger partial charge in [-0.05, 0) is 44.4 Å². The van der Waals surface area contributed by atoms with Crippen LogP contribution in [0.5, 0.6) is 0 Å². The summed E-state index contributed by atoms with van der Waals surface area (Å²) in [5.41, 5.74) is 3.27. The number of carbonyl (C=O) groups excluding carboxylic acids is 3. The molecule has 0 spiro atoms. The second kappa shape index (κ2) is 10.3. The lowest BCUT2D eigenvalue weighted by Gasteiger charge is -2.13. The Hall–Kier alpha value is -3.49. The number of aromatic nitrogens is 2. The summed E-state index contributed by atoms with van der Waals surface area (Å²) >= 11 is 0. The van der Waals surface area contributed by atoms with Gasteiger partial charge in [-0.15, -0.1) is 0 Å². The van der Waals surface area contributed by atoms with Gasteiger partial charge in [0.15, 0.2) is 12.3 Å². The number of hydrogen-bond acceptors (Lipinski definition) is 6. The molecule has 2 rings (SSSR count). The number of benzene rings is 1. The van der Waals surface area contributed by atoms with E-state index < -0.39 is 24.4 Å². The molecule has 30 heavy (non-hydrogen) atoms. The van der Waals surface area contributed by atoms with E-state index in [0.717, 1.165) is 21.4 Å². The van der Waals surface area contributed by atoms with E-state index in [9.17, 15) is 19.2 Å². The SMILES string of the molecule is CCCn1nc(C(=O)OCC(=O)NCC(=O)Nc2c(C)cc(C)cc2C)ccc1=O. The van der Waals surface area contributed by atoms with E-state index in [4.69, 9.17) is 4.74 Å². The van der Waals surface area contributed by atoms with Gasteiger partial charge in [-0.1, -0.05) is 24.6 Å². The molecule has 1 aromatic carbocycles. The Bertz CT molecular complexity index is 990. The van der Waals surface area contributed by atoms with Gasteiger partial charge in [-0.2, -0.15) is 5.10 Å². The van der Waals surface area contributed by atoms with Crippen molar-refractivity contribution in [2.75, 3.05) is 18.5 Å². The quantitative estimate of drug-likeness (QED) is 0.632. The van der Waals surface area contributed by atoms with Gasteiger partial charge in [-0.25, -0.2) is 9.48 Å². The number of nitrogens with one attached hydrogen (secondary N) is 2. The monoisotopic (exact) mass is 414 g/mol. The summed E-state index contributed by atoms with van der Waals surface area (Å²) in [5.74, 6) is -1.85. The van der Waals surface area contributed by atoms with Gasteiger partial charge in [0, 0.05) is 18.3 Å². The number of aryl methyl sites for hydroxylation is 4. The Labute approximate surface area is 174 Å². The number of ether oxygens (including phenoxy) is 1. The number of esters is 1. The molecule has 9 heteroatoms. The maximum Gasteiger partial charge on any atom is 0.359 e. The minimum Gasteiger partial charge on any atom is -0.451 e. The van der Waals surface area contributed by atoms with E-state index in [-0.39, 0.29) is 17.8 Å². The molecule has 1 heterocycles. The van der Waals surface area contributed by atoms with Crippen LogP contribution >= 0.6 is 0 Å². The van der Waals surface area contributed by atoms with Crippen molar-refractivity contribution in [3.8, 4) is 0 Å². The zero-order chi connectivity index (χ0) is 22.3. The molecule has 0 saturated heterocycles. The molecule has 2 amide bonds. The molecule has 9 nitrogen and oxygen atoms in total. The van der Waals surface area contributed by atoms with Crippen molar-refractivity contribution in [2.45, 2.75) is 40.7 Å². The summed E-state index contributed by atoms with van der Waals surface area (Å²) in [6, 6.07) is 6.38. The lowest BCUT2D eigenvalue weighted by atomic mass is 10.1. The van der Waals surface area contributed by atoms with Crippen molar-refractivity contribution in [3.05, 3.63) is 57.0 Å². The third-order valence-corrected chi connectivity index (χ3v) is 4.23. The Morgan fingerprint density at radius 1 is 1.07 bits per heavy atom. The number of anilines is 1. The maximum atomic E-state index is 12.1. The predicted octanol–water partition coefficient (Wildman–Crippen LogP) is 1.49. The molecule has 0 fully saturated rings. The van der Waals surface area contributed by atoms with Crippen LogP contribution in [-0.2, 0) is 20.9 Å². The Morgan fingerprint density at radius 3 is 2.37 bits per heavy atom. The minimum atomic E-state index is -0.828. The summed E-state index contributed by atoms with van der Waals surface area (Å²) in [6.07, 6.45) is 0.678. The fourth-order valence-electron chi connectivity index (χ4n) is 2.93. The highest BCUT2D eigenvalue weighted by atomic mass is 16.5. The molecule has 0 aliphatic carbocycles. The van der Waals surface area contributed by atoms with Crippen molar-refractivity contribution in [2.24, 2.45) is 0 Å². The molecule has 0 atom stereocenters. The first-order valence-electron chi connectivity index (χ1n) is 9.61. The van der Waals surface area contributed by atoms with Crippen LogP contribution < -0.4 is 16.2 Å². The van der Waals surface area contributed by atoms with Gasteiger partial charge >= 0.3 is 5.97 Å². The van der Waals surface area contributed by atoms with Gasteiger partial charge in [-0.3, -0.25) is 14.4 Å². The zero-order valence-corrected chi connectivity index (χ0v) is 17.6. The predicted molar refractivity (Wildman–Crippen MR) is 111 cm³/mol. The largest absolute Gasteiger partial charge is 0.451 e. The first kappa shape index (κ1) is 22.8. The third-order valence-electron chi connectivity index (χ3n) is 4.23. The van der Waals surface area contributed by atoms with Gasteiger partial charge in [0.2, 0.25) is 5.91 Å². The number of carbonyl (C=O) groups is 3. The standard InChI is InChI=1S/C21H26N4O5/c1-5-8-25-19(28)7-6-16(24-25)21(29)30-12-18(27)22-11-17(26)23-20-14(3)9-13(2)10-15(20)4/h6-7,9-10H,5,8,11-12H2,1-4H3,(H,22,27)(H,23,26). The van der Waals surface area contributed by atoms with Crippen molar-refractivity contribution in [1.82, 2.24) is 15.1 Å². The van der Waals surface area contributed by atoms with Gasteiger partial charge < -0.3 is 15.4 Å². The van der Waals surface area contributed by atoms with Crippen molar-refractivity contribution in [3.63, 3.8) is 0 Å². The van der Waals surface area contributed by atoms with Crippen LogP contribution in [0.1, 0.15) is 40.5 Å². The molecule has 160 valence electrons. The summed E-state index contributed by atoms with van der Waals surface area (Å²) in [4.78, 5) is 47.7. The number of rotatable bonds is 8. The molecule has 0 unspecified atom stereocenters. The normalized spacial score (nSPS) is 10.4. The second-order valence-electron chi connectivity index (χ2n) is 6.95. The van der Waals surface area contributed by atoms with Crippen LogP contribution in [0.3, 0.4) is 0 Å².